The summed E-state index contributed by atoms with van der Waals surface area (Å²) in [4.78, 5) is 0.266. The minimum absolute atomic E-state index is 0.266. The zero-order valence-corrected chi connectivity index (χ0v) is 14.6. The third kappa shape index (κ3) is 3.56. The van der Waals surface area contributed by atoms with Crippen LogP contribution in [0, 0.1) is 5.92 Å². The maximum atomic E-state index is 12.6. The van der Waals surface area contributed by atoms with Crippen LogP contribution in [0.15, 0.2) is 33.6 Å². The van der Waals surface area contributed by atoms with Gasteiger partial charge in [0.05, 0.1) is 4.90 Å². The van der Waals surface area contributed by atoms with Crippen molar-refractivity contribution in [3.8, 4) is 0 Å². The van der Waals surface area contributed by atoms with E-state index in [4.69, 9.17) is 11.6 Å². The van der Waals surface area contributed by atoms with Gasteiger partial charge in [0.2, 0.25) is 10.0 Å². The van der Waals surface area contributed by atoms with Crippen molar-refractivity contribution < 1.29 is 8.42 Å². The summed E-state index contributed by atoms with van der Waals surface area (Å²) in [6.07, 6.45) is 3.73. The molecule has 1 aromatic rings. The number of hydrogen-bond acceptors (Lipinski definition) is 2. The molecule has 6 heteroatoms. The van der Waals surface area contributed by atoms with Crippen molar-refractivity contribution in [3.05, 3.63) is 28.7 Å². The Balaban J connectivity index is 2.29. The highest BCUT2D eigenvalue weighted by Gasteiger charge is 2.38. The fraction of sp³-hybridized carbons (Fsp3) is 0.571. The second-order valence-electron chi connectivity index (χ2n) is 5.65. The molecule has 0 radical (unpaired) electrons. The molecule has 1 fully saturated rings. The largest absolute Gasteiger partial charge is 0.242 e. The summed E-state index contributed by atoms with van der Waals surface area (Å²) in [7, 11) is -3.57. The minimum Gasteiger partial charge on any atom is -0.207 e. The molecule has 1 aliphatic rings. The van der Waals surface area contributed by atoms with E-state index in [1.807, 2.05) is 0 Å². The van der Waals surface area contributed by atoms with E-state index in [0.29, 0.717) is 16.3 Å². The van der Waals surface area contributed by atoms with E-state index >= 15 is 0 Å². The first-order valence-corrected chi connectivity index (χ1v) is 9.54. The van der Waals surface area contributed by atoms with Crippen molar-refractivity contribution in [2.45, 2.75) is 43.0 Å². The van der Waals surface area contributed by atoms with Gasteiger partial charge in [-0.15, -0.1) is 11.6 Å². The molecular formula is C14H19BrClNO2S. The molecule has 0 saturated heterocycles. The van der Waals surface area contributed by atoms with Crippen LogP contribution in [0.5, 0.6) is 0 Å². The molecule has 0 amide bonds. The molecule has 3 nitrogen and oxygen atoms in total. The zero-order valence-electron chi connectivity index (χ0n) is 11.4. The number of rotatable bonds is 4. The Morgan fingerprint density at radius 3 is 2.75 bits per heavy atom. The molecule has 2 atom stereocenters. The zero-order chi connectivity index (χ0) is 14.8. The van der Waals surface area contributed by atoms with E-state index in [-0.39, 0.29) is 4.90 Å². The quantitative estimate of drug-likeness (QED) is 0.805. The molecule has 2 rings (SSSR count). The van der Waals surface area contributed by atoms with Gasteiger partial charge in [-0.2, -0.15) is 0 Å². The van der Waals surface area contributed by atoms with Gasteiger partial charge in [-0.25, -0.2) is 13.1 Å². The lowest BCUT2D eigenvalue weighted by Gasteiger charge is -2.39. The molecule has 0 aromatic heterocycles. The Bertz CT molecular complexity index is 578. The predicted octanol–water partition coefficient (Wildman–Crippen LogP) is 3.92. The van der Waals surface area contributed by atoms with Crippen LogP contribution >= 0.6 is 27.5 Å². The second-order valence-corrected chi connectivity index (χ2v) is 8.42. The topological polar surface area (TPSA) is 46.2 Å². The Labute approximate surface area is 134 Å². The molecule has 1 aliphatic carbocycles. The Morgan fingerprint density at radius 2 is 2.15 bits per heavy atom. The molecule has 0 spiro atoms. The van der Waals surface area contributed by atoms with E-state index < -0.39 is 15.6 Å². The average molecular weight is 381 g/mol. The molecule has 0 bridgehead atoms. The van der Waals surface area contributed by atoms with E-state index in [1.165, 1.54) is 0 Å². The number of hydrogen-bond donors (Lipinski definition) is 1. The maximum Gasteiger partial charge on any atom is 0.242 e. The van der Waals surface area contributed by atoms with Crippen LogP contribution in [0.4, 0.5) is 0 Å². The number of nitrogens with one attached hydrogen (secondary N) is 1. The number of benzene rings is 1. The lowest BCUT2D eigenvalue weighted by molar-refractivity contribution is 0.239. The van der Waals surface area contributed by atoms with Crippen LogP contribution in [0.25, 0.3) is 0 Å². The molecule has 1 N–H and O–H groups in total. The van der Waals surface area contributed by atoms with Gasteiger partial charge in [-0.05, 0) is 46.8 Å². The van der Waals surface area contributed by atoms with Gasteiger partial charge in [0, 0.05) is 15.9 Å². The van der Waals surface area contributed by atoms with Gasteiger partial charge in [-0.3, -0.25) is 0 Å². The fourth-order valence-electron chi connectivity index (χ4n) is 2.90. The van der Waals surface area contributed by atoms with Crippen LogP contribution in [0.1, 0.15) is 32.6 Å². The first-order chi connectivity index (χ1) is 9.38. The van der Waals surface area contributed by atoms with Gasteiger partial charge in [-0.1, -0.05) is 31.9 Å². The molecule has 0 heterocycles. The van der Waals surface area contributed by atoms with Gasteiger partial charge < -0.3 is 0 Å². The fourth-order valence-corrected chi connectivity index (χ4v) is 5.74. The van der Waals surface area contributed by atoms with Crippen LogP contribution in [-0.2, 0) is 10.0 Å². The molecule has 1 aromatic carbocycles. The summed E-state index contributed by atoms with van der Waals surface area (Å²) < 4.78 is 28.6. The van der Waals surface area contributed by atoms with Gasteiger partial charge in [0.25, 0.3) is 0 Å². The van der Waals surface area contributed by atoms with Gasteiger partial charge in [0.1, 0.15) is 0 Å². The van der Waals surface area contributed by atoms with E-state index in [2.05, 4.69) is 27.6 Å². The molecular weight excluding hydrogens is 362 g/mol. The number of halogens is 2. The predicted molar refractivity (Wildman–Crippen MR) is 85.5 cm³/mol. The van der Waals surface area contributed by atoms with Crippen LogP contribution in [0.3, 0.4) is 0 Å². The highest BCUT2D eigenvalue weighted by molar-refractivity contribution is 9.10. The second kappa shape index (κ2) is 6.34. The maximum absolute atomic E-state index is 12.6. The van der Waals surface area contributed by atoms with Crippen molar-refractivity contribution >= 4 is 37.6 Å². The van der Waals surface area contributed by atoms with Crippen molar-refractivity contribution in [2.24, 2.45) is 5.92 Å². The summed E-state index contributed by atoms with van der Waals surface area (Å²) in [5.41, 5.74) is -0.520. The standard InChI is InChI=1S/C14H19BrClNO2S/c1-11-5-4-8-14(9-11,10-16)17-20(18,19)13-7-3-2-6-12(13)15/h2-3,6-7,11,17H,4-5,8-10H2,1H3. The normalized spacial score (nSPS) is 27.4. The summed E-state index contributed by atoms with van der Waals surface area (Å²) >= 11 is 9.39. The Hall–Kier alpha value is -0.100. The molecule has 112 valence electrons. The first kappa shape index (κ1) is 16.3. The van der Waals surface area contributed by atoms with E-state index in [1.54, 1.807) is 24.3 Å². The molecule has 20 heavy (non-hydrogen) atoms. The third-order valence-electron chi connectivity index (χ3n) is 3.82. The van der Waals surface area contributed by atoms with Crippen molar-refractivity contribution in [2.75, 3.05) is 5.88 Å². The Morgan fingerprint density at radius 1 is 1.45 bits per heavy atom. The number of sulfonamides is 1. The SMILES string of the molecule is CC1CCCC(CCl)(NS(=O)(=O)c2ccccc2Br)C1. The minimum atomic E-state index is -3.57. The summed E-state index contributed by atoms with van der Waals surface area (Å²) in [6.45, 7) is 2.15. The highest BCUT2D eigenvalue weighted by Crippen LogP contribution is 2.35. The third-order valence-corrected chi connectivity index (χ3v) is 6.93. The lowest BCUT2D eigenvalue weighted by Crippen LogP contribution is -2.52. The van der Waals surface area contributed by atoms with E-state index in [0.717, 1.165) is 25.7 Å². The van der Waals surface area contributed by atoms with Crippen LogP contribution in [0.2, 0.25) is 0 Å². The monoisotopic (exact) mass is 379 g/mol. The van der Waals surface area contributed by atoms with Crippen LogP contribution in [-0.4, -0.2) is 19.8 Å². The van der Waals surface area contributed by atoms with Gasteiger partial charge >= 0.3 is 0 Å². The van der Waals surface area contributed by atoms with Crippen LogP contribution < -0.4 is 4.72 Å². The summed E-state index contributed by atoms with van der Waals surface area (Å²) in [6, 6.07) is 6.84. The van der Waals surface area contributed by atoms with Crippen molar-refractivity contribution in [3.63, 3.8) is 0 Å². The lowest BCUT2D eigenvalue weighted by atomic mass is 9.78. The Kier molecular flexibility index (Phi) is 5.16. The first-order valence-electron chi connectivity index (χ1n) is 6.73. The molecule has 1 saturated carbocycles. The molecule has 0 aliphatic heterocycles. The van der Waals surface area contributed by atoms with E-state index in [9.17, 15) is 8.42 Å². The van der Waals surface area contributed by atoms with Crippen molar-refractivity contribution in [1.29, 1.82) is 0 Å². The molecule has 2 unspecified atom stereocenters. The summed E-state index contributed by atoms with van der Waals surface area (Å²) in [5, 5.41) is 0. The summed E-state index contributed by atoms with van der Waals surface area (Å²) in [5.74, 6) is 0.797. The van der Waals surface area contributed by atoms with Gasteiger partial charge in [0.15, 0.2) is 0 Å². The van der Waals surface area contributed by atoms with Crippen molar-refractivity contribution in [1.82, 2.24) is 4.72 Å². The average Bonchev–Trinajstić information content (AvgIpc) is 2.38. The highest BCUT2D eigenvalue weighted by atomic mass is 79.9. The smallest absolute Gasteiger partial charge is 0.207 e. The number of alkyl halides is 1.